The Labute approximate surface area is 71.0 Å². The van der Waals surface area contributed by atoms with Crippen molar-refractivity contribution in [3.63, 3.8) is 0 Å². The normalized spacial score (nSPS) is 11.7. The largest absolute Gasteiger partial charge is 0.0956 e. The summed E-state index contributed by atoms with van der Waals surface area (Å²) in [6.07, 6.45) is 7.06. The number of unbranched alkanes of at least 4 members (excludes halogenated alkanes) is 1. The number of allylic oxidation sites excluding steroid dienone is 3. The van der Waals surface area contributed by atoms with Gasteiger partial charge in [-0.1, -0.05) is 50.5 Å². The molecule has 64 valence electrons. The molecular weight excluding hydrogens is 132 g/mol. The monoisotopic (exact) mass is 152 g/mol. The molecule has 0 bridgehead atoms. The molecule has 11 heavy (non-hydrogen) atoms. The van der Waals surface area contributed by atoms with E-state index in [4.69, 9.17) is 0 Å². The molecule has 0 fully saturated rings. The van der Waals surface area contributed by atoms with E-state index in [9.17, 15) is 0 Å². The maximum absolute atomic E-state index is 4.03. The molecule has 0 aromatic heterocycles. The molecule has 0 radical (unpaired) electrons. The van der Waals surface area contributed by atoms with Gasteiger partial charge in [0, 0.05) is 0 Å². The second-order valence-electron chi connectivity index (χ2n) is 3.03. The Hall–Kier alpha value is -0.520. The highest BCUT2D eigenvalue weighted by atomic mass is 14.0. The van der Waals surface area contributed by atoms with E-state index in [1.54, 1.807) is 0 Å². The van der Waals surface area contributed by atoms with Crippen LogP contribution >= 0.6 is 0 Å². The lowest BCUT2D eigenvalue weighted by Gasteiger charge is -2.03. The third kappa shape index (κ3) is 4.83. The molecule has 0 nitrogen and oxygen atoms in total. The molecule has 0 aliphatic rings. The van der Waals surface area contributed by atoms with Crippen LogP contribution in [0, 0.1) is 0 Å². The smallest absolute Gasteiger partial charge is 0.0285 e. The highest BCUT2D eigenvalue weighted by molar-refractivity contribution is 5.25. The van der Waals surface area contributed by atoms with Crippen LogP contribution in [0.4, 0.5) is 0 Å². The molecule has 0 aliphatic heterocycles. The van der Waals surface area contributed by atoms with Crippen molar-refractivity contribution in [2.45, 2.75) is 46.5 Å². The van der Waals surface area contributed by atoms with Crippen LogP contribution in [-0.2, 0) is 0 Å². The topological polar surface area (TPSA) is 0 Å². The average Bonchev–Trinajstić information content (AvgIpc) is 2.00. The number of hydrogen-bond donors (Lipinski definition) is 0. The minimum atomic E-state index is 1.14. The van der Waals surface area contributed by atoms with Crippen LogP contribution in [0.15, 0.2) is 23.8 Å². The first-order valence-electron chi connectivity index (χ1n) is 4.57. The van der Waals surface area contributed by atoms with Gasteiger partial charge in [-0.15, -0.1) is 0 Å². The molecule has 0 heteroatoms. The molecule has 0 aromatic rings. The Balaban J connectivity index is 3.80. The van der Waals surface area contributed by atoms with Gasteiger partial charge in [-0.25, -0.2) is 0 Å². The summed E-state index contributed by atoms with van der Waals surface area (Å²) in [6.45, 7) is 10.6. The van der Waals surface area contributed by atoms with Gasteiger partial charge in [0.1, 0.15) is 0 Å². The minimum absolute atomic E-state index is 1.14. The van der Waals surface area contributed by atoms with Crippen LogP contribution in [-0.4, -0.2) is 0 Å². The molecule has 0 saturated carbocycles. The quantitative estimate of drug-likeness (QED) is 0.520. The van der Waals surface area contributed by atoms with Crippen molar-refractivity contribution in [2.75, 3.05) is 0 Å². The SMILES string of the molecule is C=C(CCC)C(C)=CCCC. The van der Waals surface area contributed by atoms with Crippen molar-refractivity contribution in [3.05, 3.63) is 23.8 Å². The third-order valence-electron chi connectivity index (χ3n) is 1.85. The van der Waals surface area contributed by atoms with Crippen molar-refractivity contribution < 1.29 is 0 Å². The molecule has 0 aromatic carbocycles. The number of rotatable bonds is 5. The Kier molecular flexibility index (Phi) is 5.91. The lowest BCUT2D eigenvalue weighted by molar-refractivity contribution is 0.901. The fourth-order valence-electron chi connectivity index (χ4n) is 1.00. The third-order valence-corrected chi connectivity index (χ3v) is 1.85. The van der Waals surface area contributed by atoms with E-state index < -0.39 is 0 Å². The number of hydrogen-bond acceptors (Lipinski definition) is 0. The fourth-order valence-corrected chi connectivity index (χ4v) is 1.00. The molecular formula is C11H20. The summed E-state index contributed by atoms with van der Waals surface area (Å²) < 4.78 is 0. The Morgan fingerprint density at radius 1 is 1.27 bits per heavy atom. The van der Waals surface area contributed by atoms with Crippen LogP contribution in [0.2, 0.25) is 0 Å². The van der Waals surface area contributed by atoms with Crippen molar-refractivity contribution in [1.82, 2.24) is 0 Å². The van der Waals surface area contributed by atoms with Gasteiger partial charge >= 0.3 is 0 Å². The van der Waals surface area contributed by atoms with Gasteiger partial charge in [0.25, 0.3) is 0 Å². The predicted molar refractivity (Wildman–Crippen MR) is 52.7 cm³/mol. The Morgan fingerprint density at radius 3 is 2.36 bits per heavy atom. The first-order valence-corrected chi connectivity index (χ1v) is 4.57. The van der Waals surface area contributed by atoms with E-state index in [1.807, 2.05) is 0 Å². The maximum Gasteiger partial charge on any atom is -0.0285 e. The van der Waals surface area contributed by atoms with E-state index in [0.29, 0.717) is 0 Å². The van der Waals surface area contributed by atoms with Crippen LogP contribution < -0.4 is 0 Å². The zero-order valence-electron chi connectivity index (χ0n) is 8.11. The summed E-state index contributed by atoms with van der Waals surface area (Å²) in [4.78, 5) is 0. The predicted octanol–water partition coefficient (Wildman–Crippen LogP) is 4.09. The standard InChI is InChI=1S/C11H20/c1-5-7-9-11(4)10(3)8-6-2/h9H,3,5-8H2,1-2,4H3. The molecule has 0 rings (SSSR count). The fraction of sp³-hybridized carbons (Fsp3) is 0.636. The molecule has 0 saturated heterocycles. The summed E-state index contributed by atoms with van der Waals surface area (Å²) in [5.41, 5.74) is 2.69. The zero-order chi connectivity index (χ0) is 8.69. The lowest BCUT2D eigenvalue weighted by Crippen LogP contribution is -1.82. The summed E-state index contributed by atoms with van der Waals surface area (Å²) >= 11 is 0. The van der Waals surface area contributed by atoms with Gasteiger partial charge in [-0.3, -0.25) is 0 Å². The maximum atomic E-state index is 4.03. The van der Waals surface area contributed by atoms with Gasteiger partial charge in [0.15, 0.2) is 0 Å². The first-order chi connectivity index (χ1) is 5.22. The van der Waals surface area contributed by atoms with Gasteiger partial charge in [-0.2, -0.15) is 0 Å². The summed E-state index contributed by atoms with van der Waals surface area (Å²) in [5.74, 6) is 0. The van der Waals surface area contributed by atoms with Crippen molar-refractivity contribution in [3.8, 4) is 0 Å². The minimum Gasteiger partial charge on any atom is -0.0956 e. The second kappa shape index (κ2) is 6.21. The highest BCUT2D eigenvalue weighted by Gasteiger charge is 1.93. The first kappa shape index (κ1) is 10.5. The van der Waals surface area contributed by atoms with Crippen molar-refractivity contribution in [1.29, 1.82) is 0 Å². The highest BCUT2D eigenvalue weighted by Crippen LogP contribution is 2.13. The molecule has 0 N–H and O–H groups in total. The average molecular weight is 152 g/mol. The van der Waals surface area contributed by atoms with E-state index >= 15 is 0 Å². The molecule has 0 aliphatic carbocycles. The van der Waals surface area contributed by atoms with E-state index in [0.717, 1.165) is 6.42 Å². The zero-order valence-corrected chi connectivity index (χ0v) is 8.11. The van der Waals surface area contributed by atoms with E-state index in [1.165, 1.54) is 30.4 Å². The van der Waals surface area contributed by atoms with Gasteiger partial charge < -0.3 is 0 Å². The summed E-state index contributed by atoms with van der Waals surface area (Å²) in [5, 5.41) is 0. The molecule has 0 unspecified atom stereocenters. The molecule has 0 atom stereocenters. The molecule has 0 amide bonds. The van der Waals surface area contributed by atoms with E-state index in [-0.39, 0.29) is 0 Å². The molecule has 0 heterocycles. The molecule has 0 spiro atoms. The van der Waals surface area contributed by atoms with E-state index in [2.05, 4.69) is 33.4 Å². The van der Waals surface area contributed by atoms with Crippen molar-refractivity contribution in [2.24, 2.45) is 0 Å². The van der Waals surface area contributed by atoms with Crippen LogP contribution in [0.3, 0.4) is 0 Å². The lowest BCUT2D eigenvalue weighted by atomic mass is 10.0. The summed E-state index contributed by atoms with van der Waals surface area (Å²) in [7, 11) is 0. The Morgan fingerprint density at radius 2 is 1.91 bits per heavy atom. The van der Waals surface area contributed by atoms with Crippen LogP contribution in [0.1, 0.15) is 46.5 Å². The van der Waals surface area contributed by atoms with Crippen LogP contribution in [0.25, 0.3) is 0 Å². The van der Waals surface area contributed by atoms with Gasteiger partial charge in [-0.05, 0) is 19.8 Å². The van der Waals surface area contributed by atoms with Gasteiger partial charge in [0.2, 0.25) is 0 Å². The van der Waals surface area contributed by atoms with Crippen LogP contribution in [0.5, 0.6) is 0 Å². The summed E-state index contributed by atoms with van der Waals surface area (Å²) in [6, 6.07) is 0. The van der Waals surface area contributed by atoms with Gasteiger partial charge in [0.05, 0.1) is 0 Å². The second-order valence-corrected chi connectivity index (χ2v) is 3.03. The Bertz CT molecular complexity index is 140. The van der Waals surface area contributed by atoms with Crippen molar-refractivity contribution >= 4 is 0 Å².